The molecule has 1 saturated heterocycles. The molecule has 444 valence electrons. The second-order valence-electron chi connectivity index (χ2n) is 23.6. The molecule has 0 N–H and O–H groups in total. The Kier molecular flexibility index (Phi) is 21.4. The number of hydrogen-bond acceptors (Lipinski definition) is 13. The smallest absolute Gasteiger partial charge is 0.338 e. The van der Waals surface area contributed by atoms with Gasteiger partial charge in [0.05, 0.1) is 29.9 Å². The zero-order valence-corrected chi connectivity index (χ0v) is 51.9. The predicted octanol–water partition coefficient (Wildman–Crippen LogP) is 12.0. The molecule has 13 nitrogen and oxygen atoms in total. The maximum absolute atomic E-state index is 16.0. The first-order valence-electron chi connectivity index (χ1n) is 29.0. The highest BCUT2D eigenvalue weighted by Gasteiger charge is 2.71. The van der Waals surface area contributed by atoms with Crippen LogP contribution in [0.4, 0.5) is 0 Å². The fraction of sp³-hybridized carbons (Fsp3) is 0.329. The second kappa shape index (κ2) is 28.6. The number of rotatable bonds is 27. The molecule has 85 heavy (non-hydrogen) atoms. The number of benzene rings is 7. The van der Waals surface area contributed by atoms with Gasteiger partial charge in [-0.2, -0.15) is 0 Å². The molecule has 15 heteroatoms. The predicted molar refractivity (Wildman–Crippen MR) is 332 cm³/mol. The van der Waals surface area contributed by atoms with Gasteiger partial charge in [0.1, 0.15) is 6.10 Å². The first kappa shape index (κ1) is 63.5. The number of ketones is 2. The van der Waals surface area contributed by atoms with E-state index in [4.69, 9.17) is 37.3 Å². The largest absolute Gasteiger partial charge is 0.454 e. The molecule has 0 aliphatic carbocycles. The normalized spacial score (nSPS) is 19.6. The van der Waals surface area contributed by atoms with Gasteiger partial charge in [-0.25, -0.2) is 14.4 Å². The standard InChI is InChI=1S/C70H78O13Si2/c1-51(47-52-31-16-9-17-32-52)60(82-85(68(2,3)4,57-41-26-14-27-42-57)58-43-28-15-29-44-58)45-30-46-69(76-5)63(79-66(74)55-37-22-12-23-38-55)64(80-67(75)56-39-24-13-25-40-56)70(83-84(6,7)8,61(81-69)50-77-48-53-33-18-10-19-34-53)62(72)59(71)49-78-65(73)54-35-20-11-21-36-54/h9-29,31-44,51,60-61,63-64H,30,45-50H2,1-8H3/t51-,60-,61-,63-,64-,69+,70-/m1/s1. The summed E-state index contributed by atoms with van der Waals surface area (Å²) >= 11 is 0. The quantitative estimate of drug-likeness (QED) is 0.0207. The highest BCUT2D eigenvalue weighted by Crippen LogP contribution is 2.48. The molecular formula is C70H78O13Si2. The fourth-order valence-electron chi connectivity index (χ4n) is 11.4. The monoisotopic (exact) mass is 1180 g/mol. The van der Waals surface area contributed by atoms with Gasteiger partial charge in [0.15, 0.2) is 32.7 Å². The van der Waals surface area contributed by atoms with E-state index in [1.54, 1.807) is 86.4 Å². The molecule has 7 aromatic carbocycles. The molecule has 8 rings (SSSR count). The van der Waals surface area contributed by atoms with Gasteiger partial charge >= 0.3 is 17.9 Å². The zero-order valence-electron chi connectivity index (χ0n) is 49.9. The maximum atomic E-state index is 16.0. The lowest BCUT2D eigenvalue weighted by atomic mass is 9.75. The number of hydrogen-bond donors (Lipinski definition) is 0. The van der Waals surface area contributed by atoms with Gasteiger partial charge < -0.3 is 37.3 Å². The van der Waals surface area contributed by atoms with Gasteiger partial charge in [-0.3, -0.25) is 9.59 Å². The molecule has 1 aliphatic heterocycles. The number of carbonyl (C=O) groups is 5. The van der Waals surface area contributed by atoms with E-state index in [2.05, 4.69) is 88.4 Å². The molecular weight excluding hydrogens is 1100 g/mol. The summed E-state index contributed by atoms with van der Waals surface area (Å²) in [5.41, 5.74) is -0.390. The van der Waals surface area contributed by atoms with Gasteiger partial charge in [0, 0.05) is 19.6 Å². The van der Waals surface area contributed by atoms with Gasteiger partial charge in [-0.15, -0.1) is 0 Å². The van der Waals surface area contributed by atoms with E-state index in [0.29, 0.717) is 12.8 Å². The van der Waals surface area contributed by atoms with E-state index in [0.717, 1.165) is 21.5 Å². The van der Waals surface area contributed by atoms with Crippen molar-refractivity contribution in [1.82, 2.24) is 0 Å². The molecule has 0 saturated carbocycles. The van der Waals surface area contributed by atoms with E-state index in [9.17, 15) is 14.4 Å². The average molecular weight is 1180 g/mol. The number of methoxy groups -OCH3 is 1. The van der Waals surface area contributed by atoms with Crippen LogP contribution in [0.3, 0.4) is 0 Å². The molecule has 7 aromatic rings. The van der Waals surface area contributed by atoms with Crippen LogP contribution < -0.4 is 10.4 Å². The SMILES string of the molecule is CO[C@@]1(CCC[C@@H](O[Si](c2ccccc2)(c2ccccc2)C(C)(C)C)[C@H](C)Cc2ccccc2)O[C@H](COCc2ccccc2)[C@@](O[Si](C)(C)C)(C(=O)C(=O)COC(=O)c2ccccc2)[C@H](OC(=O)c2ccccc2)[C@H]1OC(=O)c1ccccc1. The van der Waals surface area contributed by atoms with Crippen LogP contribution in [0.1, 0.15) is 89.2 Å². The first-order valence-corrected chi connectivity index (χ1v) is 34.3. The molecule has 1 fully saturated rings. The minimum atomic E-state index is -3.22. The lowest BCUT2D eigenvalue weighted by Gasteiger charge is -2.57. The van der Waals surface area contributed by atoms with Crippen molar-refractivity contribution in [3.63, 3.8) is 0 Å². The summed E-state index contributed by atoms with van der Waals surface area (Å²) in [5, 5.41) is 1.83. The molecule has 0 spiro atoms. The summed E-state index contributed by atoms with van der Waals surface area (Å²) in [6, 6.07) is 64.9. The van der Waals surface area contributed by atoms with Gasteiger partial charge in [-0.05, 0) is 108 Å². The number of esters is 3. The van der Waals surface area contributed by atoms with Crippen LogP contribution >= 0.6 is 0 Å². The Morgan fingerprint density at radius 2 is 1.01 bits per heavy atom. The Labute approximate surface area is 502 Å². The Balaban J connectivity index is 1.30. The zero-order chi connectivity index (χ0) is 60.7. The summed E-state index contributed by atoms with van der Waals surface area (Å²) in [7, 11) is -5.03. The highest BCUT2D eigenvalue weighted by molar-refractivity contribution is 6.99. The van der Waals surface area contributed by atoms with Crippen molar-refractivity contribution >= 4 is 56.5 Å². The summed E-state index contributed by atoms with van der Waals surface area (Å²) in [6.07, 6.45) is -4.57. The first-order chi connectivity index (χ1) is 40.8. The van der Waals surface area contributed by atoms with E-state index in [1.807, 2.05) is 60.7 Å². The van der Waals surface area contributed by atoms with Crippen molar-refractivity contribution in [1.29, 1.82) is 0 Å². The van der Waals surface area contributed by atoms with E-state index in [-0.39, 0.29) is 47.1 Å². The van der Waals surface area contributed by atoms with E-state index < -0.39 is 95.1 Å². The van der Waals surface area contributed by atoms with Crippen LogP contribution in [0.5, 0.6) is 0 Å². The summed E-state index contributed by atoms with van der Waals surface area (Å²) < 4.78 is 54.7. The third-order valence-corrected chi connectivity index (χ3v) is 21.4. The summed E-state index contributed by atoms with van der Waals surface area (Å²) in [4.78, 5) is 74.4. The molecule has 7 atom stereocenters. The third kappa shape index (κ3) is 15.3. The van der Waals surface area contributed by atoms with Crippen molar-refractivity contribution in [2.24, 2.45) is 5.92 Å². The molecule has 0 amide bonds. The highest BCUT2D eigenvalue weighted by atomic mass is 28.4. The van der Waals surface area contributed by atoms with E-state index in [1.165, 1.54) is 31.4 Å². The maximum Gasteiger partial charge on any atom is 0.338 e. The average Bonchev–Trinajstić information content (AvgIpc) is 0.838. The minimum Gasteiger partial charge on any atom is -0.454 e. The second-order valence-corrected chi connectivity index (χ2v) is 32.3. The summed E-state index contributed by atoms with van der Waals surface area (Å²) in [5.74, 6) is -7.31. The molecule has 1 aliphatic rings. The lowest BCUT2D eigenvalue weighted by Crippen LogP contribution is -2.79. The van der Waals surface area contributed by atoms with Crippen molar-refractivity contribution in [2.75, 3.05) is 20.3 Å². The number of carbonyl (C=O) groups excluding carboxylic acids is 5. The van der Waals surface area contributed by atoms with Crippen molar-refractivity contribution in [2.45, 2.75) is 120 Å². The van der Waals surface area contributed by atoms with Crippen LogP contribution in [0.25, 0.3) is 0 Å². The van der Waals surface area contributed by atoms with Crippen LogP contribution in [0.2, 0.25) is 24.7 Å². The third-order valence-electron chi connectivity index (χ3n) is 15.4. The van der Waals surface area contributed by atoms with Crippen molar-refractivity contribution < 1.29 is 61.2 Å². The Bertz CT molecular complexity index is 3230. The molecule has 1 heterocycles. The fourth-order valence-corrected chi connectivity index (χ4v) is 17.6. The van der Waals surface area contributed by atoms with Crippen molar-refractivity contribution in [3.05, 3.63) is 240 Å². The molecule has 0 aromatic heterocycles. The van der Waals surface area contributed by atoms with Gasteiger partial charge in [0.25, 0.3) is 8.32 Å². The minimum absolute atomic E-state index is 0.0159. The Hall–Kier alpha value is -7.48. The van der Waals surface area contributed by atoms with Crippen molar-refractivity contribution in [3.8, 4) is 0 Å². The lowest BCUT2D eigenvalue weighted by molar-refractivity contribution is -0.370. The van der Waals surface area contributed by atoms with Crippen LogP contribution in [0, 0.1) is 5.92 Å². The van der Waals surface area contributed by atoms with Gasteiger partial charge in [0.2, 0.25) is 17.4 Å². The van der Waals surface area contributed by atoms with Crippen LogP contribution in [-0.4, -0.2) is 102 Å². The molecule has 0 radical (unpaired) electrons. The van der Waals surface area contributed by atoms with Crippen LogP contribution in [-0.2, 0) is 59.9 Å². The van der Waals surface area contributed by atoms with E-state index >= 15 is 9.59 Å². The van der Waals surface area contributed by atoms with Gasteiger partial charge in [-0.1, -0.05) is 204 Å². The topological polar surface area (TPSA) is 159 Å². The molecule has 0 bridgehead atoms. The Morgan fingerprint density at radius 3 is 1.47 bits per heavy atom. The Morgan fingerprint density at radius 1 is 0.576 bits per heavy atom. The van der Waals surface area contributed by atoms with Crippen LogP contribution in [0.15, 0.2) is 212 Å². The molecule has 0 unspecified atom stereocenters. The number of ether oxygens (including phenoxy) is 6. The summed E-state index contributed by atoms with van der Waals surface area (Å²) in [6.45, 7) is 12.9. The number of Topliss-reactive ketones (excluding diaryl/α,β-unsaturated/α-hetero) is 2.